The molecule has 0 unspecified atom stereocenters. The molecule has 1 aliphatic heterocycles. The largest absolute Gasteiger partial charge is 0.451 e. The molecule has 2 aromatic rings. The smallest absolute Gasteiger partial charge is 0.329 e. The minimum atomic E-state index is -4.54. The number of nitrogens with zero attached hydrogens (tertiary/aromatic N) is 4. The molecule has 2 aromatic heterocycles. The van der Waals surface area contributed by atoms with E-state index in [9.17, 15) is 18.0 Å². The number of rotatable bonds is 1. The fraction of sp³-hybridized carbons (Fsp3) is 0.364. The first kappa shape index (κ1) is 14.4. The zero-order valence-electron chi connectivity index (χ0n) is 10.5. The van der Waals surface area contributed by atoms with Crippen molar-refractivity contribution in [2.75, 3.05) is 6.54 Å². The molecule has 3 heterocycles. The second kappa shape index (κ2) is 5.02. The van der Waals surface area contributed by atoms with Gasteiger partial charge in [-0.2, -0.15) is 13.2 Å². The fourth-order valence-electron chi connectivity index (χ4n) is 2.13. The van der Waals surface area contributed by atoms with Crippen molar-refractivity contribution in [2.24, 2.45) is 0 Å². The molecule has 0 fully saturated rings. The van der Waals surface area contributed by atoms with Gasteiger partial charge in [-0.15, -0.1) is 34.2 Å². The Hall–Kier alpha value is -1.55. The molecule has 0 spiro atoms. The van der Waals surface area contributed by atoms with Gasteiger partial charge in [0.1, 0.15) is 0 Å². The predicted molar refractivity (Wildman–Crippen MR) is 71.3 cm³/mol. The summed E-state index contributed by atoms with van der Waals surface area (Å²) in [6, 6.07) is 1.64. The summed E-state index contributed by atoms with van der Waals surface area (Å²) < 4.78 is 39.2. The molecule has 0 bridgehead atoms. The highest BCUT2D eigenvalue weighted by Gasteiger charge is 2.40. The van der Waals surface area contributed by atoms with Crippen LogP contribution in [0.25, 0.3) is 0 Å². The van der Waals surface area contributed by atoms with Crippen LogP contribution in [0.4, 0.5) is 13.2 Å². The molecule has 0 saturated carbocycles. The average molecular weight is 334 g/mol. The van der Waals surface area contributed by atoms with E-state index < -0.39 is 12.0 Å². The van der Waals surface area contributed by atoms with Crippen LogP contribution in [0.5, 0.6) is 0 Å². The van der Waals surface area contributed by atoms with E-state index in [1.165, 1.54) is 16.2 Å². The van der Waals surface area contributed by atoms with Crippen molar-refractivity contribution in [3.63, 3.8) is 0 Å². The van der Waals surface area contributed by atoms with Gasteiger partial charge in [-0.1, -0.05) is 0 Å². The number of amides is 1. The molecule has 5 nitrogen and oxygen atoms in total. The topological polar surface area (TPSA) is 51.0 Å². The lowest BCUT2D eigenvalue weighted by Gasteiger charge is -2.27. The van der Waals surface area contributed by atoms with Gasteiger partial charge >= 0.3 is 6.18 Å². The highest BCUT2D eigenvalue weighted by Crippen LogP contribution is 2.30. The van der Waals surface area contributed by atoms with Crippen molar-refractivity contribution in [1.29, 1.82) is 0 Å². The molecule has 21 heavy (non-hydrogen) atoms. The maximum absolute atomic E-state index is 12.7. The van der Waals surface area contributed by atoms with Gasteiger partial charge in [-0.3, -0.25) is 4.79 Å². The number of thiophene rings is 1. The van der Waals surface area contributed by atoms with E-state index in [0.717, 1.165) is 4.57 Å². The van der Waals surface area contributed by atoms with Crippen LogP contribution in [0.1, 0.15) is 21.3 Å². The Labute approximate surface area is 126 Å². The van der Waals surface area contributed by atoms with Gasteiger partial charge in [0.05, 0.1) is 11.4 Å². The van der Waals surface area contributed by atoms with E-state index in [2.05, 4.69) is 22.8 Å². The Morgan fingerprint density at radius 2 is 2.10 bits per heavy atom. The van der Waals surface area contributed by atoms with E-state index in [4.69, 9.17) is 0 Å². The van der Waals surface area contributed by atoms with Gasteiger partial charge < -0.3 is 9.47 Å². The molecule has 3 rings (SSSR count). The van der Waals surface area contributed by atoms with Crippen molar-refractivity contribution in [3.8, 4) is 0 Å². The molecule has 1 amide bonds. The summed E-state index contributed by atoms with van der Waals surface area (Å²) in [6.07, 6.45) is -4.54. The summed E-state index contributed by atoms with van der Waals surface area (Å²) >= 11 is 5.38. The van der Waals surface area contributed by atoms with Crippen LogP contribution < -0.4 is 0 Å². The zero-order valence-corrected chi connectivity index (χ0v) is 12.2. The first-order valence-corrected chi connectivity index (χ1v) is 7.25. The molecule has 1 aliphatic rings. The second-order valence-electron chi connectivity index (χ2n) is 4.49. The lowest BCUT2D eigenvalue weighted by Crippen LogP contribution is -2.39. The second-order valence-corrected chi connectivity index (χ2v) is 5.91. The summed E-state index contributed by atoms with van der Waals surface area (Å²) in [7, 11) is 0. The monoisotopic (exact) mass is 334 g/mol. The van der Waals surface area contributed by atoms with Gasteiger partial charge in [-0.05, 0) is 6.07 Å². The van der Waals surface area contributed by atoms with E-state index >= 15 is 0 Å². The Balaban J connectivity index is 1.82. The van der Waals surface area contributed by atoms with Crippen LogP contribution in [-0.2, 0) is 19.3 Å². The highest BCUT2D eigenvalue weighted by atomic mass is 32.1. The van der Waals surface area contributed by atoms with Crippen molar-refractivity contribution in [1.82, 2.24) is 19.7 Å². The van der Waals surface area contributed by atoms with Crippen molar-refractivity contribution in [3.05, 3.63) is 28.0 Å². The van der Waals surface area contributed by atoms with E-state index in [0.29, 0.717) is 9.77 Å². The minimum absolute atomic E-state index is 0.0156. The van der Waals surface area contributed by atoms with Crippen LogP contribution >= 0.6 is 24.0 Å². The summed E-state index contributed by atoms with van der Waals surface area (Å²) in [5.41, 5.74) is 0. The molecular formula is C11H9F3N4OS2. The molecule has 0 aromatic carbocycles. The molecule has 0 aliphatic carbocycles. The Morgan fingerprint density at radius 3 is 2.71 bits per heavy atom. The molecular weight excluding hydrogens is 325 g/mol. The van der Waals surface area contributed by atoms with Crippen molar-refractivity contribution >= 4 is 29.9 Å². The standard InChI is InChI=1S/C11H9F3N4OS2/c12-11(13,14)10-16-15-8-4-17(1-2-18(8)10)9(19)7-3-6(20)5-21-7/h3,5,20H,1-2,4H2. The van der Waals surface area contributed by atoms with E-state index in [-0.39, 0.29) is 31.4 Å². The fourth-order valence-corrected chi connectivity index (χ4v) is 3.25. The van der Waals surface area contributed by atoms with Gasteiger partial charge in [0.15, 0.2) is 5.82 Å². The summed E-state index contributed by atoms with van der Waals surface area (Å²) in [5, 5.41) is 8.45. The van der Waals surface area contributed by atoms with Crippen LogP contribution in [0.2, 0.25) is 0 Å². The van der Waals surface area contributed by atoms with Crippen molar-refractivity contribution in [2.45, 2.75) is 24.2 Å². The number of halogens is 3. The lowest BCUT2D eigenvalue weighted by molar-refractivity contribution is -0.147. The average Bonchev–Trinajstić information content (AvgIpc) is 3.02. The van der Waals surface area contributed by atoms with Crippen LogP contribution in [0.15, 0.2) is 16.3 Å². The number of hydrogen-bond acceptors (Lipinski definition) is 5. The summed E-state index contributed by atoms with van der Waals surface area (Å²) in [4.78, 5) is 14.9. The van der Waals surface area contributed by atoms with E-state index in [1.54, 1.807) is 11.4 Å². The summed E-state index contributed by atoms with van der Waals surface area (Å²) in [5.74, 6) is -1.11. The minimum Gasteiger partial charge on any atom is -0.329 e. The SMILES string of the molecule is O=C(c1cc(S)cs1)N1CCn2c(nnc2C(F)(F)F)C1. The number of carbonyl (C=O) groups excluding carboxylic acids is 1. The first-order valence-electron chi connectivity index (χ1n) is 5.92. The zero-order chi connectivity index (χ0) is 15.2. The van der Waals surface area contributed by atoms with Gasteiger partial charge in [-0.25, -0.2) is 0 Å². The molecule has 112 valence electrons. The quantitative estimate of drug-likeness (QED) is 0.814. The third-order valence-corrected chi connectivity index (χ3v) is 4.44. The third kappa shape index (κ3) is 2.64. The van der Waals surface area contributed by atoms with Crippen LogP contribution in [0, 0.1) is 0 Å². The molecule has 10 heteroatoms. The number of thiol groups is 1. The third-order valence-electron chi connectivity index (χ3n) is 3.09. The normalized spacial score (nSPS) is 15.1. The summed E-state index contributed by atoms with van der Waals surface area (Å²) in [6.45, 7) is 0.233. The van der Waals surface area contributed by atoms with Crippen molar-refractivity contribution < 1.29 is 18.0 Å². The highest BCUT2D eigenvalue weighted by molar-refractivity contribution is 7.80. The maximum Gasteiger partial charge on any atom is 0.451 e. The molecule has 0 saturated heterocycles. The lowest BCUT2D eigenvalue weighted by atomic mass is 10.3. The Morgan fingerprint density at radius 1 is 1.33 bits per heavy atom. The molecule has 0 N–H and O–H groups in total. The molecule has 0 atom stereocenters. The van der Waals surface area contributed by atoms with Gasteiger partial charge in [0.2, 0.25) is 5.82 Å². The number of hydrogen-bond donors (Lipinski definition) is 1. The number of aromatic nitrogens is 3. The van der Waals surface area contributed by atoms with Gasteiger partial charge in [0, 0.05) is 23.4 Å². The predicted octanol–water partition coefficient (Wildman–Crippen LogP) is 2.30. The molecule has 0 radical (unpaired) electrons. The van der Waals surface area contributed by atoms with Gasteiger partial charge in [0.25, 0.3) is 5.91 Å². The number of carbonyl (C=O) groups is 1. The number of fused-ring (bicyclic) bond motifs is 1. The van der Waals surface area contributed by atoms with Crippen LogP contribution in [-0.4, -0.2) is 32.1 Å². The Kier molecular flexibility index (Phi) is 3.44. The van der Waals surface area contributed by atoms with Crippen LogP contribution in [0.3, 0.4) is 0 Å². The van der Waals surface area contributed by atoms with E-state index in [1.807, 2.05) is 0 Å². The maximum atomic E-state index is 12.7. The first-order chi connectivity index (χ1) is 9.86. The number of alkyl halides is 3. The Bertz CT molecular complexity index is 694.